The molecule has 0 N–H and O–H groups in total. The van der Waals surface area contributed by atoms with Crippen LogP contribution >= 0.6 is 0 Å². The number of nitrogens with zero attached hydrogens (tertiary/aromatic N) is 2. The highest BCUT2D eigenvalue weighted by atomic mass is 19.4. The third-order valence-corrected chi connectivity index (χ3v) is 5.97. The molecule has 1 saturated carbocycles. The molecule has 3 aliphatic rings. The number of likely N-dealkylation sites (tertiary alicyclic amines) is 1. The van der Waals surface area contributed by atoms with E-state index in [1.807, 2.05) is 0 Å². The van der Waals surface area contributed by atoms with Gasteiger partial charge in [-0.2, -0.15) is 13.2 Å². The van der Waals surface area contributed by atoms with Gasteiger partial charge in [0.2, 0.25) is 0 Å². The van der Waals surface area contributed by atoms with Crippen LogP contribution in [0.15, 0.2) is 0 Å². The number of morpholine rings is 1. The van der Waals surface area contributed by atoms with Gasteiger partial charge in [-0.05, 0) is 57.2 Å². The maximum Gasteiger partial charge on any atom is 0.391 e. The first-order valence-electron chi connectivity index (χ1n) is 9.06. The monoisotopic (exact) mass is 334 g/mol. The van der Waals surface area contributed by atoms with Gasteiger partial charge in [-0.3, -0.25) is 4.90 Å². The van der Waals surface area contributed by atoms with Crippen molar-refractivity contribution in [1.29, 1.82) is 0 Å². The van der Waals surface area contributed by atoms with Crippen molar-refractivity contribution >= 4 is 0 Å². The average molecular weight is 334 g/mol. The molecule has 3 fully saturated rings. The number of ether oxygens (including phenoxy) is 1. The lowest BCUT2D eigenvalue weighted by molar-refractivity contribution is -0.191. The topological polar surface area (TPSA) is 15.7 Å². The van der Waals surface area contributed by atoms with E-state index in [4.69, 9.17) is 4.74 Å². The minimum Gasteiger partial charge on any atom is -0.379 e. The molecule has 0 aromatic rings. The Balaban J connectivity index is 1.42. The van der Waals surface area contributed by atoms with Crippen molar-refractivity contribution in [3.8, 4) is 0 Å². The van der Waals surface area contributed by atoms with Crippen LogP contribution < -0.4 is 0 Å². The van der Waals surface area contributed by atoms with Crippen LogP contribution in [0.3, 0.4) is 0 Å². The first-order valence-corrected chi connectivity index (χ1v) is 9.06. The van der Waals surface area contributed by atoms with Gasteiger partial charge in [0.05, 0.1) is 19.1 Å². The maximum atomic E-state index is 13.1. The maximum absolute atomic E-state index is 13.1. The van der Waals surface area contributed by atoms with Crippen molar-refractivity contribution < 1.29 is 17.9 Å². The molecule has 0 aromatic carbocycles. The van der Waals surface area contributed by atoms with Gasteiger partial charge < -0.3 is 9.64 Å². The van der Waals surface area contributed by atoms with E-state index in [1.165, 1.54) is 0 Å². The molecule has 1 aliphatic carbocycles. The standard InChI is InChI=1S/C17H29F3N2O/c18-17(19,20)15-3-1-4-16(13-15)5-8-22(14-16)7-2-6-21-9-11-23-12-10-21/h15H,1-14H2/t15-,16-/m0/s1. The minimum atomic E-state index is -4.00. The van der Waals surface area contributed by atoms with Gasteiger partial charge in [-0.1, -0.05) is 6.42 Å². The van der Waals surface area contributed by atoms with E-state index in [0.29, 0.717) is 12.8 Å². The van der Waals surface area contributed by atoms with Crippen LogP contribution in [0.5, 0.6) is 0 Å². The molecule has 2 atom stereocenters. The highest BCUT2D eigenvalue weighted by Gasteiger charge is 2.49. The Bertz CT molecular complexity index is 385. The molecule has 0 unspecified atom stereocenters. The van der Waals surface area contributed by atoms with Crippen LogP contribution in [0.25, 0.3) is 0 Å². The first kappa shape index (κ1) is 17.5. The number of rotatable bonds is 4. The van der Waals surface area contributed by atoms with Crippen molar-refractivity contribution in [2.45, 2.75) is 44.7 Å². The SMILES string of the molecule is FC(F)(F)[C@H]1CCC[C@]2(CCN(CCCN3CCOCC3)C2)C1. The Labute approximate surface area is 137 Å². The van der Waals surface area contributed by atoms with Gasteiger partial charge >= 0.3 is 6.18 Å². The lowest BCUT2D eigenvalue weighted by atomic mass is 9.69. The first-order chi connectivity index (χ1) is 11.0. The quantitative estimate of drug-likeness (QED) is 0.785. The molecule has 3 rings (SSSR count). The van der Waals surface area contributed by atoms with E-state index < -0.39 is 12.1 Å². The van der Waals surface area contributed by atoms with Crippen molar-refractivity contribution in [3.05, 3.63) is 0 Å². The fraction of sp³-hybridized carbons (Fsp3) is 1.00. The zero-order valence-electron chi connectivity index (χ0n) is 13.9. The second-order valence-electron chi connectivity index (χ2n) is 7.67. The minimum absolute atomic E-state index is 0.0581. The summed E-state index contributed by atoms with van der Waals surface area (Å²) in [5.74, 6) is -1.07. The molecule has 0 radical (unpaired) electrons. The summed E-state index contributed by atoms with van der Waals surface area (Å²) in [5.41, 5.74) is -0.0581. The largest absolute Gasteiger partial charge is 0.391 e. The number of alkyl halides is 3. The Kier molecular flexibility index (Phi) is 5.53. The average Bonchev–Trinajstić information content (AvgIpc) is 2.90. The zero-order valence-corrected chi connectivity index (χ0v) is 13.9. The van der Waals surface area contributed by atoms with Crippen LogP contribution in [-0.4, -0.2) is 68.5 Å². The highest BCUT2D eigenvalue weighted by Crippen LogP contribution is 2.50. The lowest BCUT2D eigenvalue weighted by Gasteiger charge is -2.39. The van der Waals surface area contributed by atoms with Gasteiger partial charge in [0.25, 0.3) is 0 Å². The Morgan fingerprint density at radius 1 is 1.00 bits per heavy atom. The number of halogens is 3. The summed E-state index contributed by atoms with van der Waals surface area (Å²) < 4.78 is 44.5. The van der Waals surface area contributed by atoms with E-state index in [9.17, 15) is 13.2 Å². The summed E-state index contributed by atoms with van der Waals surface area (Å²) >= 11 is 0. The second kappa shape index (κ2) is 7.28. The van der Waals surface area contributed by atoms with Crippen LogP contribution in [0.2, 0.25) is 0 Å². The molecule has 1 spiro atoms. The Hall–Kier alpha value is -0.330. The molecular formula is C17H29F3N2O. The number of hydrogen-bond donors (Lipinski definition) is 0. The van der Waals surface area contributed by atoms with Gasteiger partial charge in [0, 0.05) is 19.6 Å². The molecule has 2 heterocycles. The van der Waals surface area contributed by atoms with Gasteiger partial charge in [-0.15, -0.1) is 0 Å². The van der Waals surface area contributed by atoms with Gasteiger partial charge in [0.1, 0.15) is 0 Å². The van der Waals surface area contributed by atoms with Crippen molar-refractivity contribution in [2.75, 3.05) is 52.5 Å². The predicted octanol–water partition coefficient (Wildman–Crippen LogP) is 3.15. The third-order valence-electron chi connectivity index (χ3n) is 5.97. The molecule has 3 nitrogen and oxygen atoms in total. The molecule has 6 heteroatoms. The molecule has 2 saturated heterocycles. The Morgan fingerprint density at radius 3 is 2.48 bits per heavy atom. The molecule has 0 bridgehead atoms. The molecular weight excluding hydrogens is 305 g/mol. The van der Waals surface area contributed by atoms with E-state index in [-0.39, 0.29) is 5.41 Å². The summed E-state index contributed by atoms with van der Waals surface area (Å²) in [6.45, 7) is 7.63. The lowest BCUT2D eigenvalue weighted by Crippen LogP contribution is -2.39. The zero-order chi connectivity index (χ0) is 16.3. The summed E-state index contributed by atoms with van der Waals surface area (Å²) in [4.78, 5) is 4.83. The predicted molar refractivity (Wildman–Crippen MR) is 83.4 cm³/mol. The summed E-state index contributed by atoms with van der Waals surface area (Å²) in [6.07, 6.45) is 0.483. The molecule has 0 amide bonds. The summed E-state index contributed by atoms with van der Waals surface area (Å²) in [5, 5.41) is 0. The normalized spacial score (nSPS) is 34.3. The van der Waals surface area contributed by atoms with Gasteiger partial charge in [0.15, 0.2) is 0 Å². The van der Waals surface area contributed by atoms with Crippen molar-refractivity contribution in [3.63, 3.8) is 0 Å². The molecule has 0 aromatic heterocycles. The van der Waals surface area contributed by atoms with E-state index in [0.717, 1.165) is 78.2 Å². The van der Waals surface area contributed by atoms with E-state index >= 15 is 0 Å². The van der Waals surface area contributed by atoms with Crippen LogP contribution in [0.1, 0.15) is 38.5 Å². The van der Waals surface area contributed by atoms with Gasteiger partial charge in [-0.25, -0.2) is 0 Å². The summed E-state index contributed by atoms with van der Waals surface area (Å²) in [6, 6.07) is 0. The second-order valence-corrected chi connectivity index (χ2v) is 7.67. The molecule has 23 heavy (non-hydrogen) atoms. The van der Waals surface area contributed by atoms with Crippen LogP contribution in [0, 0.1) is 11.3 Å². The van der Waals surface area contributed by atoms with E-state index in [1.54, 1.807) is 0 Å². The molecule has 2 aliphatic heterocycles. The highest BCUT2D eigenvalue weighted by molar-refractivity contribution is 4.95. The smallest absolute Gasteiger partial charge is 0.379 e. The van der Waals surface area contributed by atoms with Crippen molar-refractivity contribution in [1.82, 2.24) is 9.80 Å². The van der Waals surface area contributed by atoms with Crippen LogP contribution in [-0.2, 0) is 4.74 Å². The molecule has 134 valence electrons. The fourth-order valence-electron chi connectivity index (χ4n) is 4.66. The van der Waals surface area contributed by atoms with Crippen molar-refractivity contribution in [2.24, 2.45) is 11.3 Å². The number of hydrogen-bond acceptors (Lipinski definition) is 3. The third kappa shape index (κ3) is 4.60. The van der Waals surface area contributed by atoms with Crippen LogP contribution in [0.4, 0.5) is 13.2 Å². The van der Waals surface area contributed by atoms with E-state index in [2.05, 4.69) is 9.80 Å². The summed E-state index contributed by atoms with van der Waals surface area (Å²) in [7, 11) is 0. The Morgan fingerprint density at radius 2 is 1.74 bits per heavy atom. The fourth-order valence-corrected chi connectivity index (χ4v) is 4.66.